The van der Waals surface area contributed by atoms with Gasteiger partial charge in [-0.1, -0.05) is 0 Å². The third-order valence-electron chi connectivity index (χ3n) is 2.36. The van der Waals surface area contributed by atoms with Crippen molar-refractivity contribution in [3.63, 3.8) is 0 Å². The summed E-state index contributed by atoms with van der Waals surface area (Å²) in [5.74, 6) is 10.9. The predicted octanol–water partition coefficient (Wildman–Crippen LogP) is -2.09. The second-order valence-corrected chi connectivity index (χ2v) is 3.51. The standard InChI is InChI=1S/C8H16N8O3/c1-2-14-6(16(12)8(10)19)5(4(3-17)13-14)15(11)7(9)18/h17H,2-3,11-12H2,1H3,(H2,9,18)(H2,10,19). The van der Waals surface area contributed by atoms with Crippen LogP contribution < -0.4 is 33.2 Å². The Kier molecular flexibility index (Phi) is 4.26. The lowest BCUT2D eigenvalue weighted by atomic mass is 10.3. The predicted molar refractivity (Wildman–Crippen MR) is 66.3 cm³/mol. The van der Waals surface area contributed by atoms with Crippen LogP contribution >= 0.6 is 0 Å². The molecule has 0 aliphatic heterocycles. The molecule has 0 unspecified atom stereocenters. The molecular formula is C8H16N8O3. The van der Waals surface area contributed by atoms with E-state index in [0.29, 0.717) is 16.6 Å². The van der Waals surface area contributed by atoms with Crippen LogP contribution in [0.2, 0.25) is 0 Å². The summed E-state index contributed by atoms with van der Waals surface area (Å²) < 4.78 is 1.26. The van der Waals surface area contributed by atoms with Gasteiger partial charge in [-0.25, -0.2) is 36.0 Å². The number of aliphatic hydroxyl groups is 1. The number of nitrogens with two attached hydrogens (primary N) is 4. The summed E-state index contributed by atoms with van der Waals surface area (Å²) in [4.78, 5) is 22.3. The second kappa shape index (κ2) is 5.51. The molecule has 0 saturated heterocycles. The smallest absolute Gasteiger partial charge is 0.335 e. The number of carbonyl (C=O) groups excluding carboxylic acids is 2. The number of carbonyl (C=O) groups is 2. The summed E-state index contributed by atoms with van der Waals surface area (Å²) in [7, 11) is 0. The summed E-state index contributed by atoms with van der Waals surface area (Å²) in [6, 6.07) is -2.00. The Labute approximate surface area is 108 Å². The van der Waals surface area contributed by atoms with Gasteiger partial charge in [0.1, 0.15) is 11.4 Å². The van der Waals surface area contributed by atoms with Crippen molar-refractivity contribution in [2.75, 3.05) is 10.0 Å². The normalized spacial score (nSPS) is 10.3. The minimum Gasteiger partial charge on any atom is -0.390 e. The third kappa shape index (κ3) is 2.57. The summed E-state index contributed by atoms with van der Waals surface area (Å²) in [5.41, 5.74) is 10.1. The number of nitrogens with zero attached hydrogens (tertiary/aromatic N) is 4. The maximum atomic E-state index is 11.2. The van der Waals surface area contributed by atoms with Crippen LogP contribution in [-0.4, -0.2) is 26.9 Å². The molecule has 0 saturated carbocycles. The Morgan fingerprint density at radius 3 is 2.16 bits per heavy atom. The molecule has 0 aromatic carbocycles. The van der Waals surface area contributed by atoms with Gasteiger partial charge in [-0.2, -0.15) is 5.10 Å². The van der Waals surface area contributed by atoms with Gasteiger partial charge in [0.05, 0.1) is 6.61 Å². The van der Waals surface area contributed by atoms with Gasteiger partial charge in [0, 0.05) is 6.54 Å². The van der Waals surface area contributed by atoms with Crippen molar-refractivity contribution >= 4 is 23.6 Å². The molecule has 0 bridgehead atoms. The zero-order chi connectivity index (χ0) is 14.7. The number of urea groups is 2. The van der Waals surface area contributed by atoms with Gasteiger partial charge in [0.2, 0.25) is 0 Å². The van der Waals surface area contributed by atoms with Crippen LogP contribution in [0.25, 0.3) is 0 Å². The van der Waals surface area contributed by atoms with Crippen molar-refractivity contribution in [1.82, 2.24) is 9.78 Å². The van der Waals surface area contributed by atoms with Gasteiger partial charge < -0.3 is 16.6 Å². The molecule has 9 N–H and O–H groups in total. The Morgan fingerprint density at radius 2 is 1.79 bits per heavy atom. The number of amides is 4. The molecule has 1 heterocycles. The first-order valence-electron chi connectivity index (χ1n) is 5.24. The first-order chi connectivity index (χ1) is 8.84. The molecule has 0 aliphatic carbocycles. The molecular weight excluding hydrogens is 256 g/mol. The molecule has 4 amide bonds. The first kappa shape index (κ1) is 14.7. The Hall–Kier alpha value is -2.37. The van der Waals surface area contributed by atoms with Gasteiger partial charge in [0.15, 0.2) is 5.82 Å². The quantitative estimate of drug-likeness (QED) is 0.238. The van der Waals surface area contributed by atoms with Crippen LogP contribution in [0.3, 0.4) is 0 Å². The van der Waals surface area contributed by atoms with Gasteiger partial charge in [-0.3, -0.25) is 0 Å². The van der Waals surface area contributed by atoms with Crippen molar-refractivity contribution in [1.29, 1.82) is 0 Å². The topological polar surface area (TPSA) is 183 Å². The number of aliphatic hydroxyl groups excluding tert-OH is 1. The van der Waals surface area contributed by atoms with Crippen molar-refractivity contribution < 1.29 is 14.7 Å². The molecule has 11 heteroatoms. The van der Waals surface area contributed by atoms with E-state index in [-0.39, 0.29) is 17.2 Å². The van der Waals surface area contributed by atoms with E-state index < -0.39 is 18.7 Å². The molecule has 0 aliphatic rings. The first-order valence-corrected chi connectivity index (χ1v) is 5.24. The van der Waals surface area contributed by atoms with E-state index in [4.69, 9.17) is 23.2 Å². The van der Waals surface area contributed by atoms with Gasteiger partial charge in [-0.15, -0.1) is 0 Å². The largest absolute Gasteiger partial charge is 0.390 e. The van der Waals surface area contributed by atoms with Gasteiger partial charge >= 0.3 is 12.1 Å². The fraction of sp³-hybridized carbons (Fsp3) is 0.375. The number of primary amides is 2. The number of hydrogen-bond acceptors (Lipinski definition) is 6. The molecule has 0 radical (unpaired) electrons. The van der Waals surface area contributed by atoms with Gasteiger partial charge in [-0.05, 0) is 6.92 Å². The summed E-state index contributed by atoms with van der Waals surface area (Å²) in [6.07, 6.45) is 0. The highest BCUT2D eigenvalue weighted by atomic mass is 16.3. The minimum atomic E-state index is -1.01. The van der Waals surface area contributed by atoms with Crippen molar-refractivity contribution in [2.45, 2.75) is 20.1 Å². The maximum Gasteiger partial charge on any atom is 0.335 e. The molecule has 1 aromatic heterocycles. The molecule has 11 nitrogen and oxygen atoms in total. The van der Waals surface area contributed by atoms with E-state index in [2.05, 4.69) is 5.10 Å². The van der Waals surface area contributed by atoms with E-state index >= 15 is 0 Å². The fourth-order valence-corrected chi connectivity index (χ4v) is 1.52. The lowest BCUT2D eigenvalue weighted by Crippen LogP contribution is -2.46. The van der Waals surface area contributed by atoms with Crippen molar-refractivity contribution in [2.24, 2.45) is 23.2 Å². The molecule has 19 heavy (non-hydrogen) atoms. The zero-order valence-corrected chi connectivity index (χ0v) is 10.3. The van der Waals surface area contributed by atoms with Crippen LogP contribution in [0, 0.1) is 0 Å². The Morgan fingerprint density at radius 1 is 1.26 bits per heavy atom. The number of aromatic nitrogens is 2. The molecule has 1 aromatic rings. The Balaban J connectivity index is 3.51. The summed E-state index contributed by atoms with van der Waals surface area (Å²) in [6.45, 7) is 1.49. The molecule has 1 rings (SSSR count). The summed E-state index contributed by atoms with van der Waals surface area (Å²) >= 11 is 0. The van der Waals surface area contributed by atoms with E-state index in [1.165, 1.54) is 4.68 Å². The molecule has 106 valence electrons. The van der Waals surface area contributed by atoms with E-state index in [0.717, 1.165) is 0 Å². The average molecular weight is 272 g/mol. The SMILES string of the molecule is CCn1nc(CO)c(N(N)C(N)=O)c1N(N)C(N)=O. The monoisotopic (exact) mass is 272 g/mol. The van der Waals surface area contributed by atoms with Crippen LogP contribution in [-0.2, 0) is 13.2 Å². The van der Waals surface area contributed by atoms with Crippen molar-refractivity contribution in [3.05, 3.63) is 5.69 Å². The highest BCUT2D eigenvalue weighted by Gasteiger charge is 2.28. The highest BCUT2D eigenvalue weighted by Crippen LogP contribution is 2.30. The third-order valence-corrected chi connectivity index (χ3v) is 2.36. The van der Waals surface area contributed by atoms with Crippen LogP contribution in [0.1, 0.15) is 12.6 Å². The number of hydrazine groups is 2. The van der Waals surface area contributed by atoms with E-state index in [9.17, 15) is 14.7 Å². The van der Waals surface area contributed by atoms with E-state index in [1.807, 2.05) is 0 Å². The fourth-order valence-electron chi connectivity index (χ4n) is 1.52. The zero-order valence-electron chi connectivity index (χ0n) is 10.3. The van der Waals surface area contributed by atoms with Gasteiger partial charge in [0.25, 0.3) is 0 Å². The average Bonchev–Trinajstić information content (AvgIpc) is 2.74. The van der Waals surface area contributed by atoms with Crippen LogP contribution in [0.4, 0.5) is 21.1 Å². The lowest BCUT2D eigenvalue weighted by Gasteiger charge is -2.20. The number of rotatable bonds is 4. The van der Waals surface area contributed by atoms with Crippen LogP contribution in [0.5, 0.6) is 0 Å². The highest BCUT2D eigenvalue weighted by molar-refractivity contribution is 5.98. The Bertz CT molecular complexity index is 456. The molecule has 0 fully saturated rings. The molecule has 0 spiro atoms. The lowest BCUT2D eigenvalue weighted by molar-refractivity contribution is 0.252. The summed E-state index contributed by atoms with van der Waals surface area (Å²) in [5, 5.41) is 14.3. The van der Waals surface area contributed by atoms with Crippen molar-refractivity contribution in [3.8, 4) is 0 Å². The van der Waals surface area contributed by atoms with Crippen LogP contribution in [0.15, 0.2) is 0 Å². The minimum absolute atomic E-state index is 0.0369. The number of hydrogen-bond donors (Lipinski definition) is 5. The number of anilines is 2. The maximum absolute atomic E-state index is 11.2. The number of aryl methyl sites for hydroxylation is 1. The molecule has 0 atom stereocenters. The van der Waals surface area contributed by atoms with E-state index in [1.54, 1.807) is 6.92 Å². The second-order valence-electron chi connectivity index (χ2n) is 3.51.